The Bertz CT molecular complexity index is 295. The lowest BCUT2D eigenvalue weighted by atomic mass is 10.1. The third-order valence-corrected chi connectivity index (χ3v) is 5.36. The highest BCUT2D eigenvalue weighted by Gasteiger charge is 2.29. The minimum Gasteiger partial charge on any atom is -0.329 e. The zero-order valence-electron chi connectivity index (χ0n) is 10.3. The SMILES string of the molecule is CCC(CC1CC1)NS(=O)(=O)C(CC)CN. The molecule has 0 amide bonds. The van der Waals surface area contributed by atoms with E-state index in [1.54, 1.807) is 0 Å². The van der Waals surface area contributed by atoms with Gasteiger partial charge in [-0.05, 0) is 25.2 Å². The van der Waals surface area contributed by atoms with E-state index in [-0.39, 0.29) is 12.6 Å². The van der Waals surface area contributed by atoms with Gasteiger partial charge in [-0.2, -0.15) is 0 Å². The van der Waals surface area contributed by atoms with Gasteiger partial charge in [0.25, 0.3) is 0 Å². The predicted molar refractivity (Wildman–Crippen MR) is 66.6 cm³/mol. The fourth-order valence-corrected chi connectivity index (χ4v) is 3.51. The molecule has 1 saturated carbocycles. The molecule has 0 aromatic carbocycles. The molecule has 0 bridgehead atoms. The molecule has 5 heteroatoms. The van der Waals surface area contributed by atoms with Gasteiger partial charge in [-0.3, -0.25) is 0 Å². The lowest BCUT2D eigenvalue weighted by Crippen LogP contribution is -2.43. The first-order chi connectivity index (χ1) is 7.53. The first kappa shape index (κ1) is 13.9. The van der Waals surface area contributed by atoms with Crippen LogP contribution in [0.3, 0.4) is 0 Å². The maximum atomic E-state index is 12.0. The molecule has 1 fully saturated rings. The molecule has 2 atom stereocenters. The molecule has 0 heterocycles. The minimum absolute atomic E-state index is 0.0955. The standard InChI is InChI=1S/C11H24N2O2S/c1-3-10(7-9-5-6-9)13-16(14,15)11(4-2)8-12/h9-11,13H,3-8,12H2,1-2H3. The zero-order valence-corrected chi connectivity index (χ0v) is 11.1. The molecule has 2 unspecified atom stereocenters. The van der Waals surface area contributed by atoms with Crippen LogP contribution in [0.15, 0.2) is 0 Å². The maximum Gasteiger partial charge on any atom is 0.215 e. The average Bonchev–Trinajstić information content (AvgIpc) is 3.01. The van der Waals surface area contributed by atoms with Crippen molar-refractivity contribution in [3.05, 3.63) is 0 Å². The summed E-state index contributed by atoms with van der Waals surface area (Å²) in [4.78, 5) is 0. The number of hydrogen-bond donors (Lipinski definition) is 2. The van der Waals surface area contributed by atoms with Crippen molar-refractivity contribution in [2.24, 2.45) is 11.7 Å². The van der Waals surface area contributed by atoms with Crippen molar-refractivity contribution in [2.75, 3.05) is 6.54 Å². The van der Waals surface area contributed by atoms with Crippen LogP contribution < -0.4 is 10.5 Å². The van der Waals surface area contributed by atoms with Crippen LogP contribution in [0.1, 0.15) is 46.0 Å². The maximum absolute atomic E-state index is 12.0. The van der Waals surface area contributed by atoms with E-state index in [1.807, 2.05) is 13.8 Å². The summed E-state index contributed by atoms with van der Waals surface area (Å²) in [5, 5.41) is -0.444. The molecule has 96 valence electrons. The fraction of sp³-hybridized carbons (Fsp3) is 1.00. The van der Waals surface area contributed by atoms with E-state index in [9.17, 15) is 8.42 Å². The number of rotatable bonds is 8. The van der Waals surface area contributed by atoms with Gasteiger partial charge in [-0.1, -0.05) is 26.7 Å². The highest BCUT2D eigenvalue weighted by Crippen LogP contribution is 2.34. The van der Waals surface area contributed by atoms with Gasteiger partial charge in [0.1, 0.15) is 0 Å². The van der Waals surface area contributed by atoms with Crippen LogP contribution in [0.25, 0.3) is 0 Å². The largest absolute Gasteiger partial charge is 0.329 e. The van der Waals surface area contributed by atoms with Crippen molar-refractivity contribution in [1.82, 2.24) is 4.72 Å². The zero-order chi connectivity index (χ0) is 12.2. The van der Waals surface area contributed by atoms with Crippen molar-refractivity contribution >= 4 is 10.0 Å². The number of nitrogens with one attached hydrogen (secondary N) is 1. The van der Waals surface area contributed by atoms with Gasteiger partial charge in [0.2, 0.25) is 10.0 Å². The van der Waals surface area contributed by atoms with Crippen LogP contribution in [0.4, 0.5) is 0 Å². The van der Waals surface area contributed by atoms with Crippen molar-refractivity contribution in [3.8, 4) is 0 Å². The molecular weight excluding hydrogens is 224 g/mol. The number of sulfonamides is 1. The van der Waals surface area contributed by atoms with E-state index in [2.05, 4.69) is 4.72 Å². The first-order valence-corrected chi connectivity index (χ1v) is 7.79. The topological polar surface area (TPSA) is 72.2 Å². The Labute approximate surface area is 99.0 Å². The Morgan fingerprint density at radius 3 is 2.31 bits per heavy atom. The van der Waals surface area contributed by atoms with Crippen LogP contribution in [0.5, 0.6) is 0 Å². The molecule has 1 aliphatic carbocycles. The minimum atomic E-state index is -3.23. The molecule has 3 N–H and O–H groups in total. The molecule has 0 spiro atoms. The van der Waals surface area contributed by atoms with E-state index in [0.717, 1.165) is 18.8 Å². The van der Waals surface area contributed by atoms with E-state index < -0.39 is 15.3 Å². The molecule has 0 aliphatic heterocycles. The summed E-state index contributed by atoms with van der Waals surface area (Å²) < 4.78 is 26.8. The van der Waals surface area contributed by atoms with Gasteiger partial charge in [0.15, 0.2) is 0 Å². The van der Waals surface area contributed by atoms with Gasteiger partial charge in [-0.15, -0.1) is 0 Å². The lowest BCUT2D eigenvalue weighted by Gasteiger charge is -2.21. The Hall–Kier alpha value is -0.130. The third kappa shape index (κ3) is 4.03. The summed E-state index contributed by atoms with van der Waals surface area (Å²) in [5.74, 6) is 0.741. The van der Waals surface area contributed by atoms with E-state index in [0.29, 0.717) is 6.42 Å². The summed E-state index contributed by atoms with van der Waals surface area (Å²) in [6.07, 6.45) is 4.93. The Morgan fingerprint density at radius 1 is 1.31 bits per heavy atom. The van der Waals surface area contributed by atoms with Crippen LogP contribution in [0, 0.1) is 5.92 Å². The van der Waals surface area contributed by atoms with Crippen molar-refractivity contribution < 1.29 is 8.42 Å². The summed E-state index contributed by atoms with van der Waals surface area (Å²) in [5.41, 5.74) is 5.48. The van der Waals surface area contributed by atoms with Crippen LogP contribution in [-0.4, -0.2) is 26.3 Å². The Kier molecular flexibility index (Phi) is 5.21. The lowest BCUT2D eigenvalue weighted by molar-refractivity contribution is 0.487. The molecular formula is C11H24N2O2S. The van der Waals surface area contributed by atoms with Crippen LogP contribution in [-0.2, 0) is 10.0 Å². The highest BCUT2D eigenvalue weighted by molar-refractivity contribution is 7.90. The molecule has 16 heavy (non-hydrogen) atoms. The normalized spacial score (nSPS) is 20.7. The fourth-order valence-electron chi connectivity index (χ4n) is 1.90. The monoisotopic (exact) mass is 248 g/mol. The average molecular weight is 248 g/mol. The molecule has 1 rings (SSSR count). The summed E-state index contributed by atoms with van der Waals surface area (Å²) >= 11 is 0. The van der Waals surface area contributed by atoms with E-state index in [4.69, 9.17) is 5.73 Å². The third-order valence-electron chi connectivity index (χ3n) is 3.30. The first-order valence-electron chi connectivity index (χ1n) is 6.24. The van der Waals surface area contributed by atoms with Crippen molar-refractivity contribution in [1.29, 1.82) is 0 Å². The van der Waals surface area contributed by atoms with Gasteiger partial charge in [0, 0.05) is 12.6 Å². The second kappa shape index (κ2) is 5.98. The molecule has 0 saturated heterocycles. The van der Waals surface area contributed by atoms with Gasteiger partial charge in [0.05, 0.1) is 5.25 Å². The number of nitrogens with two attached hydrogens (primary N) is 1. The summed E-state index contributed by atoms with van der Waals surface area (Å²) in [7, 11) is -3.23. The number of hydrogen-bond acceptors (Lipinski definition) is 3. The van der Waals surface area contributed by atoms with Gasteiger partial charge in [-0.25, -0.2) is 13.1 Å². The summed E-state index contributed by atoms with van der Waals surface area (Å²) in [6, 6.07) is 0.0955. The van der Waals surface area contributed by atoms with E-state index in [1.165, 1.54) is 12.8 Å². The Morgan fingerprint density at radius 2 is 1.94 bits per heavy atom. The molecule has 4 nitrogen and oxygen atoms in total. The molecule has 0 radical (unpaired) electrons. The van der Waals surface area contributed by atoms with Gasteiger partial charge >= 0.3 is 0 Å². The second-order valence-corrected chi connectivity index (χ2v) is 6.71. The van der Waals surface area contributed by atoms with Crippen LogP contribution in [0.2, 0.25) is 0 Å². The Balaban J connectivity index is 2.53. The molecule has 0 aromatic heterocycles. The van der Waals surface area contributed by atoms with Crippen molar-refractivity contribution in [2.45, 2.75) is 57.2 Å². The quantitative estimate of drug-likeness (QED) is 0.678. The van der Waals surface area contributed by atoms with E-state index >= 15 is 0 Å². The molecule has 0 aromatic rings. The summed E-state index contributed by atoms with van der Waals surface area (Å²) in [6.45, 7) is 4.09. The smallest absolute Gasteiger partial charge is 0.215 e. The second-order valence-electron chi connectivity index (χ2n) is 4.71. The predicted octanol–water partition coefficient (Wildman–Crippen LogP) is 1.22. The van der Waals surface area contributed by atoms with Gasteiger partial charge < -0.3 is 5.73 Å². The van der Waals surface area contributed by atoms with Crippen LogP contribution >= 0.6 is 0 Å². The van der Waals surface area contributed by atoms with Crippen molar-refractivity contribution in [3.63, 3.8) is 0 Å². The molecule has 1 aliphatic rings. The highest BCUT2D eigenvalue weighted by atomic mass is 32.2.